The summed E-state index contributed by atoms with van der Waals surface area (Å²) in [6, 6.07) is -0.372. The van der Waals surface area contributed by atoms with Crippen molar-refractivity contribution in [1.29, 1.82) is 0 Å². The van der Waals surface area contributed by atoms with Gasteiger partial charge in [0.25, 0.3) is 0 Å². The first-order valence-corrected chi connectivity index (χ1v) is 2.68. The molecule has 0 rings (SSSR count). The van der Waals surface area contributed by atoms with Gasteiger partial charge in [-0.05, 0) is 6.92 Å². The molecule has 42 valence electrons. The zero-order valence-electron chi connectivity index (χ0n) is 4.22. The van der Waals surface area contributed by atoms with Crippen molar-refractivity contribution < 1.29 is 4.79 Å². The van der Waals surface area contributed by atoms with Gasteiger partial charge in [0.1, 0.15) is 5.78 Å². The lowest BCUT2D eigenvalue weighted by Crippen LogP contribution is -2.29. The van der Waals surface area contributed by atoms with E-state index in [9.17, 15) is 4.79 Å². The van der Waals surface area contributed by atoms with E-state index in [4.69, 9.17) is 5.73 Å². The molecule has 2 nitrogen and oxygen atoms in total. The van der Waals surface area contributed by atoms with Crippen LogP contribution in [-0.2, 0) is 4.79 Å². The lowest BCUT2D eigenvalue weighted by Gasteiger charge is -1.98. The van der Waals surface area contributed by atoms with E-state index in [-0.39, 0.29) is 11.8 Å². The van der Waals surface area contributed by atoms with Gasteiger partial charge >= 0.3 is 0 Å². The quantitative estimate of drug-likeness (QED) is 0.496. The highest BCUT2D eigenvalue weighted by Gasteiger charge is 2.02. The Morgan fingerprint density at radius 2 is 2.43 bits per heavy atom. The Kier molecular flexibility index (Phi) is 3.04. The van der Waals surface area contributed by atoms with E-state index in [1.165, 1.54) is 6.92 Å². The highest BCUT2D eigenvalue weighted by atomic mass is 32.1. The first-order valence-electron chi connectivity index (χ1n) is 2.05. The average Bonchev–Trinajstić information content (AvgIpc) is 1.65. The van der Waals surface area contributed by atoms with Gasteiger partial charge in [0, 0.05) is 5.75 Å². The standard InChI is InChI=1S/C4H9NOS/c1-3(6)4(5)2-7/h4,7H,2,5H2,1H3/t4-/m0/s1. The van der Waals surface area contributed by atoms with Gasteiger partial charge in [-0.15, -0.1) is 0 Å². The summed E-state index contributed by atoms with van der Waals surface area (Å²) in [5.41, 5.74) is 5.19. The Labute approximate surface area is 48.5 Å². The molecule has 7 heavy (non-hydrogen) atoms. The fourth-order valence-electron chi connectivity index (χ4n) is 0.129. The summed E-state index contributed by atoms with van der Waals surface area (Å²) in [6.07, 6.45) is 0. The second-order valence-corrected chi connectivity index (χ2v) is 1.76. The first-order chi connectivity index (χ1) is 3.18. The molecule has 0 aromatic rings. The molecular formula is C4H9NOS. The lowest BCUT2D eigenvalue weighted by molar-refractivity contribution is -0.117. The first kappa shape index (κ1) is 6.98. The van der Waals surface area contributed by atoms with Crippen molar-refractivity contribution in [2.24, 2.45) is 5.73 Å². The van der Waals surface area contributed by atoms with Crippen LogP contribution in [0.2, 0.25) is 0 Å². The van der Waals surface area contributed by atoms with Gasteiger partial charge in [0.05, 0.1) is 6.04 Å². The van der Waals surface area contributed by atoms with Crippen LogP contribution in [0, 0.1) is 0 Å². The fourth-order valence-corrected chi connectivity index (χ4v) is 0.386. The van der Waals surface area contributed by atoms with Gasteiger partial charge < -0.3 is 5.73 Å². The molecule has 0 amide bonds. The SMILES string of the molecule is CC(=O)[C@@H](N)CS. The van der Waals surface area contributed by atoms with E-state index >= 15 is 0 Å². The zero-order valence-corrected chi connectivity index (χ0v) is 5.11. The molecule has 0 heterocycles. The van der Waals surface area contributed by atoms with Crippen molar-refractivity contribution in [3.05, 3.63) is 0 Å². The minimum Gasteiger partial charge on any atom is -0.321 e. The van der Waals surface area contributed by atoms with Gasteiger partial charge in [-0.2, -0.15) is 12.6 Å². The Bertz CT molecular complexity index is 74.1. The molecule has 0 aromatic carbocycles. The van der Waals surface area contributed by atoms with E-state index in [0.717, 1.165) is 0 Å². The maximum atomic E-state index is 10.2. The van der Waals surface area contributed by atoms with Crippen LogP contribution in [0.25, 0.3) is 0 Å². The summed E-state index contributed by atoms with van der Waals surface area (Å²) in [5, 5.41) is 0. The van der Waals surface area contributed by atoms with Crippen molar-refractivity contribution >= 4 is 18.4 Å². The summed E-state index contributed by atoms with van der Waals surface area (Å²) in [6.45, 7) is 1.46. The molecule has 0 bridgehead atoms. The minimum absolute atomic E-state index is 0.00463. The third-order valence-electron chi connectivity index (χ3n) is 0.719. The third kappa shape index (κ3) is 2.65. The number of thiol groups is 1. The Morgan fingerprint density at radius 1 is 2.00 bits per heavy atom. The second kappa shape index (κ2) is 3.04. The predicted octanol–water partition coefficient (Wildman–Crippen LogP) is -0.167. The van der Waals surface area contributed by atoms with E-state index in [1.54, 1.807) is 0 Å². The molecule has 0 aromatic heterocycles. The number of carbonyl (C=O) groups is 1. The third-order valence-corrected chi connectivity index (χ3v) is 1.11. The summed E-state index contributed by atoms with van der Waals surface area (Å²) in [4.78, 5) is 10.2. The van der Waals surface area contributed by atoms with E-state index < -0.39 is 0 Å². The van der Waals surface area contributed by atoms with Crippen LogP contribution >= 0.6 is 12.6 Å². The smallest absolute Gasteiger partial charge is 0.147 e. The van der Waals surface area contributed by atoms with Gasteiger partial charge in [-0.3, -0.25) is 4.79 Å². The number of carbonyl (C=O) groups excluding carboxylic acids is 1. The molecule has 0 saturated carbocycles. The van der Waals surface area contributed by atoms with Crippen LogP contribution in [0.3, 0.4) is 0 Å². The zero-order chi connectivity index (χ0) is 5.86. The van der Waals surface area contributed by atoms with E-state index in [1.807, 2.05) is 0 Å². The van der Waals surface area contributed by atoms with Crippen LogP contribution in [0.4, 0.5) is 0 Å². The van der Waals surface area contributed by atoms with Crippen LogP contribution in [-0.4, -0.2) is 17.6 Å². The molecule has 3 heteroatoms. The van der Waals surface area contributed by atoms with Crippen molar-refractivity contribution in [2.45, 2.75) is 13.0 Å². The topological polar surface area (TPSA) is 43.1 Å². The predicted molar refractivity (Wildman–Crippen MR) is 32.5 cm³/mol. The van der Waals surface area contributed by atoms with Gasteiger partial charge in [0.15, 0.2) is 0 Å². The molecule has 0 saturated heterocycles. The normalized spacial score (nSPS) is 13.6. The number of Topliss-reactive ketones (excluding diaryl/α,β-unsaturated/α-hetero) is 1. The molecular weight excluding hydrogens is 110 g/mol. The molecule has 0 aliphatic rings. The molecule has 0 fully saturated rings. The summed E-state index contributed by atoms with van der Waals surface area (Å²) in [7, 11) is 0. The maximum absolute atomic E-state index is 10.2. The second-order valence-electron chi connectivity index (χ2n) is 1.40. The minimum atomic E-state index is -0.372. The average molecular weight is 119 g/mol. The molecule has 0 spiro atoms. The number of hydrogen-bond acceptors (Lipinski definition) is 3. The van der Waals surface area contributed by atoms with Crippen LogP contribution < -0.4 is 5.73 Å². The van der Waals surface area contributed by atoms with Gasteiger partial charge in [0.2, 0.25) is 0 Å². The van der Waals surface area contributed by atoms with Crippen LogP contribution in [0.15, 0.2) is 0 Å². The number of ketones is 1. The van der Waals surface area contributed by atoms with Crippen molar-refractivity contribution in [1.82, 2.24) is 0 Å². The molecule has 2 N–H and O–H groups in total. The molecule has 0 aliphatic carbocycles. The summed E-state index contributed by atoms with van der Waals surface area (Å²) in [5.74, 6) is 0.435. The number of rotatable bonds is 2. The van der Waals surface area contributed by atoms with Crippen molar-refractivity contribution in [3.63, 3.8) is 0 Å². The molecule has 1 atom stereocenters. The maximum Gasteiger partial charge on any atom is 0.147 e. The van der Waals surface area contributed by atoms with Crippen LogP contribution in [0.5, 0.6) is 0 Å². The fraction of sp³-hybridized carbons (Fsp3) is 0.750. The number of nitrogens with two attached hydrogens (primary N) is 1. The molecule has 0 aliphatic heterocycles. The van der Waals surface area contributed by atoms with Crippen LogP contribution in [0.1, 0.15) is 6.92 Å². The highest BCUT2D eigenvalue weighted by Crippen LogP contribution is 1.82. The van der Waals surface area contributed by atoms with E-state index in [0.29, 0.717) is 5.75 Å². The van der Waals surface area contributed by atoms with Crippen molar-refractivity contribution in [3.8, 4) is 0 Å². The van der Waals surface area contributed by atoms with E-state index in [2.05, 4.69) is 12.6 Å². The summed E-state index contributed by atoms with van der Waals surface area (Å²) < 4.78 is 0. The monoisotopic (exact) mass is 119 g/mol. The van der Waals surface area contributed by atoms with Gasteiger partial charge in [-0.1, -0.05) is 0 Å². The largest absolute Gasteiger partial charge is 0.321 e. The van der Waals surface area contributed by atoms with Crippen molar-refractivity contribution in [2.75, 3.05) is 5.75 Å². The Morgan fingerprint density at radius 3 is 2.43 bits per heavy atom. The lowest BCUT2D eigenvalue weighted by atomic mass is 10.3. The Hall–Kier alpha value is -0.0200. The number of hydrogen-bond donors (Lipinski definition) is 2. The highest BCUT2D eigenvalue weighted by molar-refractivity contribution is 7.80. The van der Waals surface area contributed by atoms with Gasteiger partial charge in [-0.25, -0.2) is 0 Å². The molecule has 0 unspecified atom stereocenters. The Balaban J connectivity index is 3.34. The molecule has 0 radical (unpaired) electrons. The summed E-state index contributed by atoms with van der Waals surface area (Å²) >= 11 is 3.81.